The zero-order valence-electron chi connectivity index (χ0n) is 21.5. The molecular formula is C29H22N8O2S. The molecule has 0 aliphatic heterocycles. The number of aryl methyl sites for hydroxylation is 1. The van der Waals surface area contributed by atoms with Gasteiger partial charge in [0, 0.05) is 18.0 Å². The standard InChI is InChI=1S/C29H22N8O2S/c1-17-22(40-16-32-17)13-12-19-8-6-11-21-23(19)29(39)37(20-9-4-3-5-10-20)26(34-21)18(2)33-28(38)24-25(30)35-36-15-7-14-31-27(24)36/h3-11,14-16,18H,1-2H3,(H2,30,35)(H,33,38)/t18-/m0/s1. The molecule has 0 aliphatic rings. The highest BCUT2D eigenvalue weighted by atomic mass is 32.1. The third kappa shape index (κ3) is 4.36. The quantitative estimate of drug-likeness (QED) is 0.322. The molecule has 6 rings (SSSR count). The molecule has 0 fully saturated rings. The van der Waals surface area contributed by atoms with Gasteiger partial charge in [-0.1, -0.05) is 30.2 Å². The average Bonchev–Trinajstić information content (AvgIpc) is 3.53. The van der Waals surface area contributed by atoms with Crippen molar-refractivity contribution in [2.24, 2.45) is 0 Å². The summed E-state index contributed by atoms with van der Waals surface area (Å²) in [6, 6.07) is 15.6. The van der Waals surface area contributed by atoms with Crippen LogP contribution in [0, 0.1) is 18.8 Å². The van der Waals surface area contributed by atoms with E-state index in [0.717, 1.165) is 10.6 Å². The van der Waals surface area contributed by atoms with Crippen LogP contribution in [0.15, 0.2) is 77.3 Å². The first-order chi connectivity index (χ1) is 19.4. The molecule has 196 valence electrons. The van der Waals surface area contributed by atoms with E-state index in [0.29, 0.717) is 33.6 Å². The molecule has 0 saturated carbocycles. The van der Waals surface area contributed by atoms with E-state index >= 15 is 0 Å². The number of rotatable bonds is 4. The number of carbonyl (C=O) groups excluding carboxylic acids is 1. The number of nitrogens with one attached hydrogen (secondary N) is 1. The molecule has 11 heteroatoms. The first kappa shape index (κ1) is 25.0. The molecule has 0 radical (unpaired) electrons. The summed E-state index contributed by atoms with van der Waals surface area (Å²) in [6.07, 6.45) is 3.22. The second-order valence-corrected chi connectivity index (χ2v) is 9.86. The fraction of sp³-hybridized carbons (Fsp3) is 0.103. The van der Waals surface area contributed by atoms with Crippen LogP contribution >= 0.6 is 11.3 Å². The van der Waals surface area contributed by atoms with Crippen LogP contribution in [0.4, 0.5) is 5.82 Å². The molecule has 0 aliphatic carbocycles. The fourth-order valence-electron chi connectivity index (χ4n) is 4.47. The minimum Gasteiger partial charge on any atom is -0.381 e. The third-order valence-corrected chi connectivity index (χ3v) is 7.22. The van der Waals surface area contributed by atoms with Crippen LogP contribution in [0.1, 0.15) is 45.3 Å². The predicted octanol–water partition coefficient (Wildman–Crippen LogP) is 3.67. The zero-order valence-corrected chi connectivity index (χ0v) is 22.3. The highest BCUT2D eigenvalue weighted by Crippen LogP contribution is 2.22. The molecule has 4 heterocycles. The van der Waals surface area contributed by atoms with Gasteiger partial charge in [0.1, 0.15) is 11.4 Å². The van der Waals surface area contributed by atoms with Crippen molar-refractivity contribution in [3.63, 3.8) is 0 Å². The third-order valence-electron chi connectivity index (χ3n) is 6.38. The molecule has 40 heavy (non-hydrogen) atoms. The van der Waals surface area contributed by atoms with Crippen molar-refractivity contribution in [3.8, 4) is 17.5 Å². The molecule has 3 N–H and O–H groups in total. The minimum absolute atomic E-state index is 0.0507. The topological polar surface area (TPSA) is 133 Å². The van der Waals surface area contributed by atoms with Gasteiger partial charge in [0.2, 0.25) is 0 Å². The Morgan fingerprint density at radius 1 is 1.07 bits per heavy atom. The number of hydrogen-bond donors (Lipinski definition) is 2. The lowest BCUT2D eigenvalue weighted by atomic mass is 10.1. The number of fused-ring (bicyclic) bond motifs is 2. The molecule has 4 aromatic heterocycles. The van der Waals surface area contributed by atoms with Crippen molar-refractivity contribution in [1.29, 1.82) is 0 Å². The summed E-state index contributed by atoms with van der Waals surface area (Å²) < 4.78 is 2.95. The molecule has 0 saturated heterocycles. The lowest BCUT2D eigenvalue weighted by molar-refractivity contribution is 0.0940. The van der Waals surface area contributed by atoms with Gasteiger partial charge in [-0.2, -0.15) is 0 Å². The molecule has 0 bridgehead atoms. The predicted molar refractivity (Wildman–Crippen MR) is 153 cm³/mol. The van der Waals surface area contributed by atoms with Gasteiger partial charge < -0.3 is 11.1 Å². The van der Waals surface area contributed by atoms with Gasteiger partial charge in [0.05, 0.1) is 38.7 Å². The number of hydrogen-bond acceptors (Lipinski definition) is 8. The van der Waals surface area contributed by atoms with Crippen LogP contribution in [-0.2, 0) is 0 Å². The van der Waals surface area contributed by atoms with Crippen molar-refractivity contribution in [3.05, 3.63) is 110 Å². The van der Waals surface area contributed by atoms with Crippen molar-refractivity contribution in [2.45, 2.75) is 19.9 Å². The molecule has 0 spiro atoms. The molecule has 1 amide bonds. The maximum atomic E-state index is 14.1. The van der Waals surface area contributed by atoms with Crippen LogP contribution in [0.3, 0.4) is 0 Å². The summed E-state index contributed by atoms with van der Waals surface area (Å²) in [5.74, 6) is 6.20. The van der Waals surface area contributed by atoms with Crippen LogP contribution < -0.4 is 16.6 Å². The van der Waals surface area contributed by atoms with Gasteiger partial charge in [-0.25, -0.2) is 19.5 Å². The number of carbonyl (C=O) groups is 1. The van der Waals surface area contributed by atoms with Gasteiger partial charge in [0.15, 0.2) is 11.5 Å². The summed E-state index contributed by atoms with van der Waals surface area (Å²) in [4.78, 5) is 41.7. The fourth-order valence-corrected chi connectivity index (χ4v) is 5.12. The summed E-state index contributed by atoms with van der Waals surface area (Å²) >= 11 is 1.45. The molecule has 6 aromatic rings. The monoisotopic (exact) mass is 546 g/mol. The number of anilines is 1. The lowest BCUT2D eigenvalue weighted by Gasteiger charge is -2.20. The molecule has 0 unspecified atom stereocenters. The second-order valence-electron chi connectivity index (χ2n) is 9.01. The van der Waals surface area contributed by atoms with Crippen LogP contribution in [0.5, 0.6) is 0 Å². The van der Waals surface area contributed by atoms with Crippen molar-refractivity contribution in [2.75, 3.05) is 5.73 Å². The Kier molecular flexibility index (Phi) is 6.30. The van der Waals surface area contributed by atoms with Gasteiger partial charge in [-0.05, 0) is 50.1 Å². The molecule has 1 atom stereocenters. The summed E-state index contributed by atoms with van der Waals surface area (Å²) in [5.41, 5.74) is 10.5. The van der Waals surface area contributed by atoms with E-state index in [4.69, 9.17) is 10.7 Å². The van der Waals surface area contributed by atoms with Crippen molar-refractivity contribution in [1.82, 2.24) is 34.4 Å². The summed E-state index contributed by atoms with van der Waals surface area (Å²) in [7, 11) is 0. The van der Waals surface area contributed by atoms with Crippen LogP contribution in [-0.4, -0.2) is 35.0 Å². The van der Waals surface area contributed by atoms with E-state index in [1.165, 1.54) is 20.4 Å². The maximum absolute atomic E-state index is 14.1. The van der Waals surface area contributed by atoms with E-state index in [1.54, 1.807) is 43.0 Å². The minimum atomic E-state index is -0.683. The molecule has 2 aromatic carbocycles. The Labute approximate surface area is 232 Å². The van der Waals surface area contributed by atoms with Crippen molar-refractivity contribution >= 4 is 39.6 Å². The number of para-hydroxylation sites is 1. The largest absolute Gasteiger partial charge is 0.381 e. The first-order valence-corrected chi connectivity index (χ1v) is 13.2. The van der Waals surface area contributed by atoms with Crippen molar-refractivity contribution < 1.29 is 4.79 Å². The summed E-state index contributed by atoms with van der Waals surface area (Å²) in [5, 5.41) is 7.49. The summed E-state index contributed by atoms with van der Waals surface area (Å²) in [6.45, 7) is 3.66. The van der Waals surface area contributed by atoms with Crippen LogP contribution in [0.2, 0.25) is 0 Å². The van der Waals surface area contributed by atoms with Gasteiger partial charge in [-0.15, -0.1) is 16.4 Å². The number of nitrogen functional groups attached to an aromatic ring is 1. The normalized spacial score (nSPS) is 11.8. The zero-order chi connectivity index (χ0) is 27.8. The van der Waals surface area contributed by atoms with E-state index in [1.807, 2.05) is 43.3 Å². The maximum Gasteiger partial charge on any atom is 0.267 e. The van der Waals surface area contributed by atoms with Gasteiger partial charge in [-0.3, -0.25) is 14.2 Å². The van der Waals surface area contributed by atoms with E-state index in [-0.39, 0.29) is 16.9 Å². The number of benzene rings is 2. The SMILES string of the molecule is Cc1ncsc1C#Cc1cccc2nc([C@H](C)NC(=O)c3c(N)nn4cccnc34)n(-c3ccccc3)c(=O)c12. The van der Waals surface area contributed by atoms with Gasteiger partial charge in [0.25, 0.3) is 11.5 Å². The number of thiazole rings is 1. The Bertz CT molecular complexity index is 2030. The van der Waals surface area contributed by atoms with Crippen LogP contribution in [0.25, 0.3) is 22.2 Å². The first-order valence-electron chi connectivity index (χ1n) is 12.3. The number of aromatic nitrogens is 6. The average molecular weight is 547 g/mol. The number of nitrogens with two attached hydrogens (primary N) is 1. The van der Waals surface area contributed by atoms with E-state index in [9.17, 15) is 9.59 Å². The smallest absolute Gasteiger partial charge is 0.267 e. The molecule has 10 nitrogen and oxygen atoms in total. The van der Waals surface area contributed by atoms with E-state index in [2.05, 4.69) is 32.2 Å². The Morgan fingerprint density at radius 2 is 1.90 bits per heavy atom. The highest BCUT2D eigenvalue weighted by Gasteiger charge is 2.24. The van der Waals surface area contributed by atoms with Gasteiger partial charge >= 0.3 is 0 Å². The highest BCUT2D eigenvalue weighted by molar-refractivity contribution is 7.10. The Hall–Kier alpha value is -5.34. The van der Waals surface area contributed by atoms with E-state index < -0.39 is 11.9 Å². The lowest BCUT2D eigenvalue weighted by Crippen LogP contribution is -2.33. The molecular weight excluding hydrogens is 524 g/mol. The number of amides is 1. The Morgan fingerprint density at radius 3 is 2.67 bits per heavy atom. The Balaban J connectivity index is 1.48. The second kappa shape index (κ2) is 10.1. The number of nitrogens with zero attached hydrogens (tertiary/aromatic N) is 6.